The van der Waals surface area contributed by atoms with Gasteiger partial charge in [-0.15, -0.1) is 0 Å². The third-order valence-electron chi connectivity index (χ3n) is 6.02. The normalized spacial score (nSPS) is 11.3. The molecule has 3 aromatic rings. The van der Waals surface area contributed by atoms with Crippen LogP contribution in [0.25, 0.3) is 10.9 Å². The zero-order valence-electron chi connectivity index (χ0n) is 22.5. The van der Waals surface area contributed by atoms with Gasteiger partial charge in [-0.05, 0) is 29.2 Å². The van der Waals surface area contributed by atoms with E-state index in [0.717, 1.165) is 0 Å². The van der Waals surface area contributed by atoms with Crippen molar-refractivity contribution in [1.82, 2.24) is 4.98 Å². The van der Waals surface area contributed by atoms with Gasteiger partial charge in [0.2, 0.25) is 5.43 Å². The molecule has 3 rings (SSSR count). The zero-order valence-corrected chi connectivity index (χ0v) is 22.5. The van der Waals surface area contributed by atoms with Crippen molar-refractivity contribution in [1.29, 1.82) is 0 Å². The summed E-state index contributed by atoms with van der Waals surface area (Å²) in [6, 6.07) is 10.2. The number of hydrogen-bond acceptors (Lipinski definition) is 8. The number of ether oxygens (including phenoxy) is 4. The van der Waals surface area contributed by atoms with E-state index >= 15 is 0 Å². The summed E-state index contributed by atoms with van der Waals surface area (Å²) in [6.45, 7) is 9.36. The maximum Gasteiger partial charge on any atom is 0.513 e. The van der Waals surface area contributed by atoms with Crippen molar-refractivity contribution in [3.05, 3.63) is 69.5 Å². The minimum atomic E-state index is -0.970. The molecule has 0 aliphatic heterocycles. The molecular formula is C29H36N2O8. The number of amides is 1. The first-order valence-electron chi connectivity index (χ1n) is 11.9. The van der Waals surface area contributed by atoms with E-state index in [-0.39, 0.29) is 25.3 Å². The lowest BCUT2D eigenvalue weighted by Crippen LogP contribution is -2.29. The van der Waals surface area contributed by atoms with Gasteiger partial charge in [-0.2, -0.15) is 0 Å². The van der Waals surface area contributed by atoms with E-state index < -0.39 is 34.5 Å². The Morgan fingerprint density at radius 1 is 0.923 bits per heavy atom. The molecule has 0 radical (unpaired) electrons. The van der Waals surface area contributed by atoms with Gasteiger partial charge in [-0.1, -0.05) is 54.2 Å². The summed E-state index contributed by atoms with van der Waals surface area (Å²) in [7, 11) is 2.38. The topological polar surface area (TPSA) is 133 Å². The van der Waals surface area contributed by atoms with Crippen LogP contribution in [0.5, 0.6) is 5.75 Å². The first-order valence-corrected chi connectivity index (χ1v) is 11.9. The Morgan fingerprint density at radius 3 is 2.18 bits per heavy atom. The maximum absolute atomic E-state index is 13.3. The van der Waals surface area contributed by atoms with Crippen molar-refractivity contribution in [2.75, 3.05) is 26.1 Å². The average Bonchev–Trinajstić information content (AvgIpc) is 2.86. The summed E-state index contributed by atoms with van der Waals surface area (Å²) >= 11 is 0. The standard InChI is InChI=1S/C28H32N2O8.CH4/c1-27(2,3)18-12-19(28(4,5)15-37-25(33)35-6)22(38-26(34)36-7)13-21(18)30-24(32)17-14-29-20-11-9-8-10-16(20)23(17)31;/h8-14H,15H2,1-7H3,(H,29,31)(H,30,32);1H4. The predicted octanol–water partition coefficient (Wildman–Crippen LogP) is 5.92. The molecule has 2 N–H and O–H groups in total. The van der Waals surface area contributed by atoms with Gasteiger partial charge in [0.1, 0.15) is 17.9 Å². The van der Waals surface area contributed by atoms with Crippen LogP contribution in [0.1, 0.15) is 63.5 Å². The van der Waals surface area contributed by atoms with Crippen LogP contribution < -0.4 is 15.5 Å². The van der Waals surface area contributed by atoms with Crippen LogP contribution in [0.3, 0.4) is 0 Å². The molecule has 39 heavy (non-hydrogen) atoms. The Morgan fingerprint density at radius 2 is 1.56 bits per heavy atom. The van der Waals surface area contributed by atoms with Gasteiger partial charge < -0.3 is 29.2 Å². The Hall–Kier alpha value is -4.34. The summed E-state index contributed by atoms with van der Waals surface area (Å²) in [4.78, 5) is 53.0. The molecule has 0 saturated carbocycles. The molecule has 1 heterocycles. The fraction of sp³-hybridized carbons (Fsp3) is 0.379. The van der Waals surface area contributed by atoms with Crippen LogP contribution in [0.15, 0.2) is 47.4 Å². The summed E-state index contributed by atoms with van der Waals surface area (Å²) in [5.41, 5.74) is 0.347. The lowest BCUT2D eigenvalue weighted by Gasteiger charge is -2.31. The molecule has 0 saturated heterocycles. The Kier molecular flexibility index (Phi) is 9.52. The molecule has 0 unspecified atom stereocenters. The third kappa shape index (κ3) is 6.95. The van der Waals surface area contributed by atoms with Crippen LogP contribution >= 0.6 is 0 Å². The molecule has 0 fully saturated rings. The van der Waals surface area contributed by atoms with E-state index in [1.165, 1.54) is 26.5 Å². The number of rotatable bonds is 6. The van der Waals surface area contributed by atoms with Gasteiger partial charge in [0.15, 0.2) is 0 Å². The van der Waals surface area contributed by atoms with E-state index in [9.17, 15) is 19.2 Å². The summed E-state index contributed by atoms with van der Waals surface area (Å²) in [5, 5.41) is 3.20. The fourth-order valence-corrected chi connectivity index (χ4v) is 3.95. The number of H-pyrrole nitrogens is 1. The average molecular weight is 541 g/mol. The number of methoxy groups -OCH3 is 2. The van der Waals surface area contributed by atoms with E-state index in [4.69, 9.17) is 9.47 Å². The minimum absolute atomic E-state index is 0. The fourth-order valence-electron chi connectivity index (χ4n) is 3.95. The summed E-state index contributed by atoms with van der Waals surface area (Å²) in [6.07, 6.45) is -0.457. The number of nitrogens with one attached hydrogen (secondary N) is 2. The van der Waals surface area contributed by atoms with Gasteiger partial charge in [0.05, 0.1) is 14.2 Å². The predicted molar refractivity (Wildman–Crippen MR) is 149 cm³/mol. The van der Waals surface area contributed by atoms with E-state index in [1.807, 2.05) is 20.8 Å². The highest BCUT2D eigenvalue weighted by Gasteiger charge is 2.32. The van der Waals surface area contributed by atoms with E-state index in [2.05, 4.69) is 19.8 Å². The molecule has 10 heteroatoms. The number of pyridine rings is 1. The van der Waals surface area contributed by atoms with Crippen LogP contribution in [0.2, 0.25) is 0 Å². The molecule has 1 aromatic heterocycles. The second-order valence-corrected chi connectivity index (χ2v) is 10.4. The monoisotopic (exact) mass is 540 g/mol. The zero-order chi connectivity index (χ0) is 28.3. The Labute approximate surface area is 227 Å². The van der Waals surface area contributed by atoms with Gasteiger partial charge >= 0.3 is 12.3 Å². The first-order chi connectivity index (χ1) is 17.8. The molecule has 0 aliphatic carbocycles. The van der Waals surface area contributed by atoms with Crippen molar-refractivity contribution in [2.45, 2.75) is 52.9 Å². The van der Waals surface area contributed by atoms with Crippen molar-refractivity contribution >= 4 is 34.8 Å². The van der Waals surface area contributed by atoms with E-state index in [0.29, 0.717) is 27.7 Å². The smallest absolute Gasteiger partial charge is 0.438 e. The largest absolute Gasteiger partial charge is 0.513 e. The second-order valence-electron chi connectivity index (χ2n) is 10.4. The van der Waals surface area contributed by atoms with Gasteiger partial charge in [0.25, 0.3) is 5.91 Å². The van der Waals surface area contributed by atoms with E-state index in [1.54, 1.807) is 44.2 Å². The van der Waals surface area contributed by atoms with Crippen molar-refractivity contribution in [2.24, 2.45) is 0 Å². The van der Waals surface area contributed by atoms with Gasteiger partial charge in [-0.3, -0.25) is 9.59 Å². The minimum Gasteiger partial charge on any atom is -0.438 e. The number of aromatic nitrogens is 1. The maximum atomic E-state index is 13.3. The Balaban J connectivity index is 0.00000533. The van der Waals surface area contributed by atoms with Crippen LogP contribution in [0, 0.1) is 0 Å². The number of aromatic amines is 1. The molecule has 2 aromatic carbocycles. The molecule has 0 atom stereocenters. The highest BCUT2D eigenvalue weighted by atomic mass is 16.7. The van der Waals surface area contributed by atoms with Crippen LogP contribution in [0.4, 0.5) is 15.3 Å². The molecule has 210 valence electrons. The lowest BCUT2D eigenvalue weighted by molar-refractivity contribution is 0.0571. The molecular weight excluding hydrogens is 504 g/mol. The van der Waals surface area contributed by atoms with Crippen molar-refractivity contribution in [3.63, 3.8) is 0 Å². The number of anilines is 1. The molecule has 0 bridgehead atoms. The number of hydrogen-bond donors (Lipinski definition) is 2. The van der Waals surface area contributed by atoms with Crippen LogP contribution in [-0.2, 0) is 25.0 Å². The van der Waals surface area contributed by atoms with Gasteiger partial charge in [-0.25, -0.2) is 9.59 Å². The van der Waals surface area contributed by atoms with Gasteiger partial charge in [0, 0.05) is 39.8 Å². The second kappa shape index (κ2) is 12.0. The molecule has 0 spiro atoms. The number of carbonyl (C=O) groups excluding carboxylic acids is 3. The number of benzene rings is 2. The highest BCUT2D eigenvalue weighted by Crippen LogP contribution is 2.41. The first kappa shape index (κ1) is 30.9. The summed E-state index contributed by atoms with van der Waals surface area (Å²) < 4.78 is 19.9. The number of fused-ring (bicyclic) bond motifs is 1. The lowest BCUT2D eigenvalue weighted by atomic mass is 9.78. The highest BCUT2D eigenvalue weighted by molar-refractivity contribution is 6.06. The third-order valence-corrected chi connectivity index (χ3v) is 6.02. The van der Waals surface area contributed by atoms with Crippen molar-refractivity contribution in [3.8, 4) is 5.75 Å². The number of para-hydroxylation sites is 1. The van der Waals surface area contributed by atoms with Crippen LogP contribution in [-0.4, -0.2) is 44.0 Å². The SMILES string of the molecule is C.COC(=O)OCC(C)(C)c1cc(C(C)(C)C)c(NC(=O)c2c[nH]c3ccccc3c2=O)cc1OC(=O)OC. The number of carbonyl (C=O) groups is 3. The molecule has 10 nitrogen and oxygen atoms in total. The molecule has 1 amide bonds. The summed E-state index contributed by atoms with van der Waals surface area (Å²) in [5.74, 6) is -0.543. The quantitative estimate of drug-likeness (QED) is 0.291. The van der Waals surface area contributed by atoms with Crippen molar-refractivity contribution < 1.29 is 33.3 Å². The molecule has 0 aliphatic rings. The Bertz CT molecular complexity index is 1430.